The summed E-state index contributed by atoms with van der Waals surface area (Å²) in [5.74, 6) is -1.62. The Morgan fingerprint density at radius 2 is 1.17 bits per heavy atom. The number of amides is 2. The molecule has 0 radical (unpaired) electrons. The molecule has 0 aliphatic carbocycles. The van der Waals surface area contributed by atoms with Gasteiger partial charge in [-0.2, -0.15) is 40.5 Å². The van der Waals surface area contributed by atoms with Gasteiger partial charge in [0.05, 0.1) is 5.92 Å². The number of carboxylic acids is 1. The van der Waals surface area contributed by atoms with Crippen molar-refractivity contribution in [1.82, 2.24) is 4.90 Å². The first-order valence-electron chi connectivity index (χ1n) is 22.2. The lowest BCUT2D eigenvalue weighted by Gasteiger charge is -2.26. The standard InChI is InChI=1S/C32H33ClFNO4.C21H22ClFO4.CH4.3H2S/c1-20(31(37)35-26(10-12-29(35)36)14-21-7-5-4-6-8-21)13-22-9-11-28(27(34)15-22)38-19-24-17-25(33)16-23-18-32(2,3)39-30(23)24;1-12(20(24)25)6-13-4-5-18(17(23)7-13)26-11-15-9-16(22)8-14-10-21(2,3)27-19(14)15;;;;/h4-9,11,15-17,20,26H,10,12-14,18-19H2,1-3H3;4-5,7-9,12H,6,10-11H2,1-3H3,(H,24,25);1H4;3*1H2/t20-,26-;12-;;;;/m00..../s1. The zero-order valence-electron chi connectivity index (χ0n) is 39.5. The van der Waals surface area contributed by atoms with E-state index in [-0.39, 0.29) is 108 Å². The highest BCUT2D eigenvalue weighted by atomic mass is 35.5. The zero-order chi connectivity index (χ0) is 47.5. The van der Waals surface area contributed by atoms with Gasteiger partial charge in [0.15, 0.2) is 23.1 Å². The molecule has 8 rings (SSSR count). The van der Waals surface area contributed by atoms with Crippen LogP contribution in [0.2, 0.25) is 10.0 Å². The highest BCUT2D eigenvalue weighted by Gasteiger charge is 2.38. The number of fused-ring (bicyclic) bond motifs is 2. The number of ether oxygens (including phenoxy) is 4. The summed E-state index contributed by atoms with van der Waals surface area (Å²) >= 11 is 12.5. The average molecular weight is 1060 g/mol. The van der Waals surface area contributed by atoms with Crippen LogP contribution in [0.25, 0.3) is 0 Å². The topological polar surface area (TPSA) is 112 Å². The molecule has 0 bridgehead atoms. The van der Waals surface area contributed by atoms with Crippen LogP contribution < -0.4 is 18.9 Å². The second-order valence-electron chi connectivity index (χ2n) is 18.8. The van der Waals surface area contributed by atoms with Gasteiger partial charge in [0.1, 0.15) is 35.9 Å². The normalized spacial score (nSPS) is 16.4. The fourth-order valence-electron chi connectivity index (χ4n) is 8.84. The largest absolute Gasteiger partial charge is 0.487 e. The molecule has 0 saturated carbocycles. The first-order chi connectivity index (χ1) is 31.2. The second-order valence-corrected chi connectivity index (χ2v) is 19.7. The minimum Gasteiger partial charge on any atom is -0.487 e. The van der Waals surface area contributed by atoms with Crippen molar-refractivity contribution >= 4 is 81.5 Å². The van der Waals surface area contributed by atoms with E-state index >= 15 is 4.39 Å². The van der Waals surface area contributed by atoms with Gasteiger partial charge in [-0.25, -0.2) is 8.78 Å². The third-order valence-electron chi connectivity index (χ3n) is 12.0. The molecule has 0 unspecified atom stereocenters. The Kier molecular flexibility index (Phi) is 21.5. The molecule has 1 N–H and O–H groups in total. The smallest absolute Gasteiger partial charge is 0.306 e. The van der Waals surface area contributed by atoms with E-state index < -0.39 is 29.4 Å². The molecule has 3 aliphatic heterocycles. The predicted molar refractivity (Wildman–Crippen MR) is 287 cm³/mol. The lowest BCUT2D eigenvalue weighted by molar-refractivity contribution is -0.146. The highest BCUT2D eigenvalue weighted by Crippen LogP contribution is 2.42. The molecule has 1 saturated heterocycles. The number of hydrogen-bond acceptors (Lipinski definition) is 7. The quantitative estimate of drug-likeness (QED) is 0.117. The molecule has 70 heavy (non-hydrogen) atoms. The lowest BCUT2D eigenvalue weighted by Crippen LogP contribution is -2.43. The van der Waals surface area contributed by atoms with Crippen LogP contribution in [-0.2, 0) is 59.7 Å². The van der Waals surface area contributed by atoms with Crippen LogP contribution in [0.15, 0.2) is 91.0 Å². The monoisotopic (exact) mass is 1060 g/mol. The van der Waals surface area contributed by atoms with Crippen molar-refractivity contribution in [1.29, 1.82) is 0 Å². The Morgan fingerprint density at radius 1 is 0.714 bits per heavy atom. The summed E-state index contributed by atoms with van der Waals surface area (Å²) in [5, 5.41) is 10.2. The molecular formula is C54H65Cl2F2NO8S3. The number of carboxylic acid groups (broad SMARTS) is 1. The molecule has 2 amide bonds. The van der Waals surface area contributed by atoms with Gasteiger partial charge < -0.3 is 24.1 Å². The number of carbonyl (C=O) groups excluding carboxylic acids is 2. The summed E-state index contributed by atoms with van der Waals surface area (Å²) in [4.78, 5) is 38.3. The summed E-state index contributed by atoms with van der Waals surface area (Å²) in [6.07, 6.45) is 3.75. The Hall–Kier alpha value is -4.60. The summed E-state index contributed by atoms with van der Waals surface area (Å²) in [6.45, 7) is 11.6. The third kappa shape index (κ3) is 15.0. The summed E-state index contributed by atoms with van der Waals surface area (Å²) in [7, 11) is 0. The first kappa shape index (κ1) is 59.7. The minimum atomic E-state index is -0.909. The molecule has 0 aromatic heterocycles. The van der Waals surface area contributed by atoms with E-state index in [4.69, 9.17) is 47.3 Å². The second kappa shape index (κ2) is 25.2. The van der Waals surface area contributed by atoms with Crippen molar-refractivity contribution in [3.05, 3.63) is 152 Å². The van der Waals surface area contributed by atoms with Crippen molar-refractivity contribution < 1.29 is 47.2 Å². The molecule has 1 fully saturated rings. The van der Waals surface area contributed by atoms with Crippen molar-refractivity contribution in [2.75, 3.05) is 0 Å². The van der Waals surface area contributed by atoms with E-state index in [2.05, 4.69) is 0 Å². The molecule has 380 valence electrons. The van der Waals surface area contributed by atoms with Gasteiger partial charge in [-0.3, -0.25) is 19.3 Å². The van der Waals surface area contributed by atoms with Gasteiger partial charge in [-0.1, -0.05) is 86.9 Å². The number of likely N-dealkylation sites (tertiary alicyclic amines) is 1. The number of halogens is 4. The van der Waals surface area contributed by atoms with Gasteiger partial charge in [0.2, 0.25) is 11.8 Å². The van der Waals surface area contributed by atoms with Crippen LogP contribution in [0, 0.1) is 23.5 Å². The molecule has 5 aromatic rings. The van der Waals surface area contributed by atoms with E-state index in [0.29, 0.717) is 46.9 Å². The van der Waals surface area contributed by atoms with Gasteiger partial charge >= 0.3 is 5.97 Å². The van der Waals surface area contributed by atoms with Crippen LogP contribution in [-0.4, -0.2) is 45.0 Å². The van der Waals surface area contributed by atoms with E-state index in [1.54, 1.807) is 44.2 Å². The lowest BCUT2D eigenvalue weighted by atomic mass is 9.98. The van der Waals surface area contributed by atoms with E-state index in [1.807, 2.05) is 70.2 Å². The molecule has 9 nitrogen and oxygen atoms in total. The molecule has 3 aliphatic rings. The number of aliphatic carboxylic acids is 1. The van der Waals surface area contributed by atoms with Gasteiger partial charge in [-0.15, -0.1) is 0 Å². The molecule has 5 aromatic carbocycles. The number of carbonyl (C=O) groups is 3. The van der Waals surface area contributed by atoms with Gasteiger partial charge in [0, 0.05) is 52.4 Å². The molecule has 3 heterocycles. The van der Waals surface area contributed by atoms with E-state index in [9.17, 15) is 18.8 Å². The summed E-state index contributed by atoms with van der Waals surface area (Å²) < 4.78 is 52.9. The van der Waals surface area contributed by atoms with Crippen LogP contribution in [0.5, 0.6) is 23.0 Å². The van der Waals surface area contributed by atoms with Crippen LogP contribution in [0.3, 0.4) is 0 Å². The number of nitrogens with zero attached hydrogens (tertiary/aromatic N) is 1. The highest BCUT2D eigenvalue weighted by molar-refractivity contribution is 7.59. The van der Waals surface area contributed by atoms with Crippen LogP contribution >= 0.6 is 63.7 Å². The molecular weight excluding hydrogens is 996 g/mol. The fourth-order valence-corrected chi connectivity index (χ4v) is 9.36. The Bertz CT molecular complexity index is 2640. The third-order valence-corrected chi connectivity index (χ3v) is 12.4. The van der Waals surface area contributed by atoms with Crippen molar-refractivity contribution in [3.63, 3.8) is 0 Å². The van der Waals surface area contributed by atoms with Crippen molar-refractivity contribution in [3.8, 4) is 23.0 Å². The van der Waals surface area contributed by atoms with E-state index in [0.717, 1.165) is 52.2 Å². The predicted octanol–water partition coefficient (Wildman–Crippen LogP) is 12.7. The van der Waals surface area contributed by atoms with Crippen LogP contribution in [0.1, 0.15) is 101 Å². The summed E-state index contributed by atoms with van der Waals surface area (Å²) in [5.41, 5.74) is 5.31. The summed E-state index contributed by atoms with van der Waals surface area (Å²) in [6, 6.07) is 26.3. The molecule has 3 atom stereocenters. The Labute approximate surface area is 441 Å². The maximum absolute atomic E-state index is 15.0. The minimum absolute atomic E-state index is 0. The first-order valence-corrected chi connectivity index (χ1v) is 23.0. The van der Waals surface area contributed by atoms with Crippen molar-refractivity contribution in [2.45, 2.75) is 124 Å². The Morgan fingerprint density at radius 3 is 1.61 bits per heavy atom. The fraction of sp³-hybridized carbons (Fsp3) is 0.389. The molecule has 16 heteroatoms. The number of imide groups is 1. The number of hydrogen-bond donors (Lipinski definition) is 1. The van der Waals surface area contributed by atoms with E-state index in [1.165, 1.54) is 23.1 Å². The Balaban J connectivity index is 0.000000371. The number of benzene rings is 5. The average Bonchev–Trinajstić information content (AvgIpc) is 3.88. The van der Waals surface area contributed by atoms with Crippen molar-refractivity contribution in [2.24, 2.45) is 11.8 Å². The SMILES string of the molecule is C.C[C@@H](Cc1ccc(OCc2cc(Cl)cc3c2OC(C)(C)C3)c(F)c1)C(=O)N1C(=O)CC[C@H]1Cc1ccccc1.C[C@@H](Cc1ccc(OCc2cc(Cl)cc3c2OC(C)(C)C3)c(F)c1)C(=O)O.S.S.S. The van der Waals surface area contributed by atoms with Crippen LogP contribution in [0.4, 0.5) is 8.78 Å². The van der Waals surface area contributed by atoms with Gasteiger partial charge in [0.25, 0.3) is 0 Å². The number of rotatable bonds is 14. The molecule has 0 spiro atoms. The zero-order valence-corrected chi connectivity index (χ0v) is 44.0. The maximum atomic E-state index is 15.0. The maximum Gasteiger partial charge on any atom is 0.306 e. The van der Waals surface area contributed by atoms with Gasteiger partial charge in [-0.05, 0) is 130 Å².